The lowest BCUT2D eigenvalue weighted by atomic mass is 10.1. The van der Waals surface area contributed by atoms with Gasteiger partial charge in [0.2, 0.25) is 0 Å². The molecule has 0 radical (unpaired) electrons. The highest BCUT2D eigenvalue weighted by atomic mass is 16.5. The zero-order chi connectivity index (χ0) is 15.2. The summed E-state index contributed by atoms with van der Waals surface area (Å²) in [6.45, 7) is 6.36. The summed E-state index contributed by atoms with van der Waals surface area (Å²) in [6.07, 6.45) is 0.255. The van der Waals surface area contributed by atoms with Crippen LogP contribution in [0, 0.1) is 0 Å². The van der Waals surface area contributed by atoms with Crippen LogP contribution in [0.3, 0.4) is 0 Å². The van der Waals surface area contributed by atoms with Crippen molar-refractivity contribution in [3.8, 4) is 0 Å². The van der Waals surface area contributed by atoms with Gasteiger partial charge >= 0.3 is 5.97 Å². The number of rotatable bonds is 2. The molecule has 0 aliphatic carbocycles. The minimum Gasteiger partial charge on any atom is -0.479 e. The molecule has 21 heavy (non-hydrogen) atoms. The van der Waals surface area contributed by atoms with Crippen molar-refractivity contribution in [2.24, 2.45) is 0 Å². The van der Waals surface area contributed by atoms with Crippen LogP contribution >= 0.6 is 0 Å². The first kappa shape index (κ1) is 14.1. The van der Waals surface area contributed by atoms with E-state index in [-0.39, 0.29) is 11.6 Å². The van der Waals surface area contributed by atoms with E-state index in [1.165, 1.54) is 0 Å². The van der Waals surface area contributed by atoms with E-state index in [0.29, 0.717) is 12.8 Å². The zero-order valence-electron chi connectivity index (χ0n) is 12.5. The lowest BCUT2D eigenvalue weighted by molar-refractivity contribution is -0.149. The third-order valence-electron chi connectivity index (χ3n) is 3.84. The fraction of sp³-hybridized carbons (Fsp3) is 0.500. The standard InChI is InChI=1S/C16H20N2O3/c1-16(2,3)18-11-7-5-4-6-10(11)17-14(18)12-8-9-13(21-12)15(19)20/h4-7,12-13H,8-9H2,1-3H3,(H,19,20). The molecule has 0 spiro atoms. The molecule has 0 bridgehead atoms. The molecule has 1 N–H and O–H groups in total. The third kappa shape index (κ3) is 2.42. The van der Waals surface area contributed by atoms with Crippen LogP contribution in [-0.4, -0.2) is 26.7 Å². The van der Waals surface area contributed by atoms with Crippen LogP contribution in [0.2, 0.25) is 0 Å². The highest BCUT2D eigenvalue weighted by Crippen LogP contribution is 2.36. The molecule has 0 saturated carbocycles. The van der Waals surface area contributed by atoms with E-state index >= 15 is 0 Å². The number of aliphatic carboxylic acids is 1. The minimum absolute atomic E-state index is 0.143. The van der Waals surface area contributed by atoms with Crippen LogP contribution in [0.25, 0.3) is 11.0 Å². The van der Waals surface area contributed by atoms with Gasteiger partial charge in [0.25, 0.3) is 0 Å². The Morgan fingerprint density at radius 1 is 1.33 bits per heavy atom. The quantitative estimate of drug-likeness (QED) is 0.922. The first-order valence-electron chi connectivity index (χ1n) is 7.24. The molecule has 5 nitrogen and oxygen atoms in total. The van der Waals surface area contributed by atoms with Gasteiger partial charge < -0.3 is 14.4 Å². The SMILES string of the molecule is CC(C)(C)n1c(C2CCC(C(=O)O)O2)nc2ccccc21. The molecule has 2 unspecified atom stereocenters. The van der Waals surface area contributed by atoms with Gasteiger partial charge in [-0.05, 0) is 45.7 Å². The number of nitrogens with zero attached hydrogens (tertiary/aromatic N) is 2. The average molecular weight is 288 g/mol. The summed E-state index contributed by atoms with van der Waals surface area (Å²) in [6, 6.07) is 7.97. The lowest BCUT2D eigenvalue weighted by Crippen LogP contribution is -2.26. The van der Waals surface area contributed by atoms with Crippen LogP contribution in [0.5, 0.6) is 0 Å². The van der Waals surface area contributed by atoms with Gasteiger partial charge in [-0.2, -0.15) is 0 Å². The Labute approximate surface area is 123 Å². The van der Waals surface area contributed by atoms with Crippen molar-refractivity contribution in [2.75, 3.05) is 0 Å². The molecule has 1 aliphatic heterocycles. The number of hydrogen-bond donors (Lipinski definition) is 1. The van der Waals surface area contributed by atoms with Crippen LogP contribution in [0.15, 0.2) is 24.3 Å². The first-order chi connectivity index (χ1) is 9.88. The van der Waals surface area contributed by atoms with Crippen LogP contribution in [0.4, 0.5) is 0 Å². The number of carboxylic acids is 1. The van der Waals surface area contributed by atoms with Crippen molar-refractivity contribution >= 4 is 17.0 Å². The lowest BCUT2D eigenvalue weighted by Gasteiger charge is -2.26. The highest BCUT2D eigenvalue weighted by Gasteiger charge is 2.36. The van der Waals surface area contributed by atoms with Crippen molar-refractivity contribution < 1.29 is 14.6 Å². The minimum atomic E-state index is -0.893. The monoisotopic (exact) mass is 288 g/mol. The van der Waals surface area contributed by atoms with Crippen LogP contribution in [-0.2, 0) is 15.1 Å². The predicted molar refractivity (Wildman–Crippen MR) is 79.2 cm³/mol. The number of benzene rings is 1. The molecule has 1 fully saturated rings. The van der Waals surface area contributed by atoms with Crippen molar-refractivity contribution in [1.29, 1.82) is 0 Å². The van der Waals surface area contributed by atoms with E-state index < -0.39 is 12.1 Å². The fourth-order valence-electron chi connectivity index (χ4n) is 2.97. The molecular formula is C16H20N2O3. The maximum Gasteiger partial charge on any atom is 0.332 e. The van der Waals surface area contributed by atoms with Gasteiger partial charge in [0.1, 0.15) is 11.9 Å². The summed E-state index contributed by atoms with van der Waals surface area (Å²) in [5, 5.41) is 9.09. The average Bonchev–Trinajstić information content (AvgIpc) is 3.02. The number of ether oxygens (including phenoxy) is 1. The number of hydrogen-bond acceptors (Lipinski definition) is 3. The molecule has 1 aromatic heterocycles. The maximum atomic E-state index is 11.1. The van der Waals surface area contributed by atoms with E-state index in [1.54, 1.807) is 0 Å². The Morgan fingerprint density at radius 2 is 2.05 bits per heavy atom. The second-order valence-electron chi connectivity index (χ2n) is 6.49. The highest BCUT2D eigenvalue weighted by molar-refractivity contribution is 5.76. The number of carboxylic acid groups (broad SMARTS) is 1. The van der Waals surface area contributed by atoms with Gasteiger partial charge in [0.15, 0.2) is 6.10 Å². The Morgan fingerprint density at radius 3 is 2.67 bits per heavy atom. The molecule has 2 aromatic rings. The van der Waals surface area contributed by atoms with Gasteiger partial charge in [-0.1, -0.05) is 12.1 Å². The van der Waals surface area contributed by atoms with Gasteiger partial charge in [-0.3, -0.25) is 0 Å². The van der Waals surface area contributed by atoms with Gasteiger partial charge in [0, 0.05) is 5.54 Å². The number of aromatic nitrogens is 2. The number of fused-ring (bicyclic) bond motifs is 1. The summed E-state index contributed by atoms with van der Waals surface area (Å²) in [4.78, 5) is 15.8. The molecule has 3 rings (SSSR count). The first-order valence-corrected chi connectivity index (χ1v) is 7.24. The Balaban J connectivity index is 2.08. The zero-order valence-corrected chi connectivity index (χ0v) is 12.5. The van der Waals surface area contributed by atoms with Crippen LogP contribution < -0.4 is 0 Å². The summed E-state index contributed by atoms with van der Waals surface area (Å²) in [7, 11) is 0. The van der Waals surface area contributed by atoms with Gasteiger partial charge in [0.05, 0.1) is 11.0 Å². The Kier molecular flexibility index (Phi) is 3.24. The van der Waals surface area contributed by atoms with Crippen molar-refractivity contribution in [1.82, 2.24) is 9.55 Å². The largest absolute Gasteiger partial charge is 0.479 e. The maximum absolute atomic E-state index is 11.1. The predicted octanol–water partition coefficient (Wildman–Crippen LogP) is 3.10. The van der Waals surface area contributed by atoms with E-state index in [4.69, 9.17) is 14.8 Å². The molecule has 2 heterocycles. The molecule has 1 saturated heterocycles. The Hall–Kier alpha value is -1.88. The summed E-state index contributed by atoms with van der Waals surface area (Å²) in [5.74, 6) is -0.0663. The number of para-hydroxylation sites is 2. The second kappa shape index (κ2) is 4.84. The van der Waals surface area contributed by atoms with E-state index in [0.717, 1.165) is 16.9 Å². The Bertz CT molecular complexity index is 684. The molecule has 1 aromatic carbocycles. The summed E-state index contributed by atoms with van der Waals surface area (Å²) < 4.78 is 7.86. The second-order valence-corrected chi connectivity index (χ2v) is 6.49. The molecular weight excluding hydrogens is 268 g/mol. The molecule has 1 aliphatic rings. The smallest absolute Gasteiger partial charge is 0.332 e. The normalized spacial score (nSPS) is 22.8. The van der Waals surface area contributed by atoms with E-state index in [9.17, 15) is 4.79 Å². The van der Waals surface area contributed by atoms with Crippen molar-refractivity contribution in [2.45, 2.75) is 51.4 Å². The molecule has 5 heteroatoms. The van der Waals surface area contributed by atoms with Gasteiger partial charge in [-0.15, -0.1) is 0 Å². The number of carbonyl (C=O) groups is 1. The third-order valence-corrected chi connectivity index (χ3v) is 3.84. The van der Waals surface area contributed by atoms with E-state index in [2.05, 4.69) is 25.3 Å². The fourth-order valence-corrected chi connectivity index (χ4v) is 2.97. The summed E-state index contributed by atoms with van der Waals surface area (Å²) >= 11 is 0. The van der Waals surface area contributed by atoms with Crippen molar-refractivity contribution in [3.63, 3.8) is 0 Å². The van der Waals surface area contributed by atoms with Crippen molar-refractivity contribution in [3.05, 3.63) is 30.1 Å². The number of imidazole rings is 1. The van der Waals surface area contributed by atoms with E-state index in [1.807, 2.05) is 24.3 Å². The summed E-state index contributed by atoms with van der Waals surface area (Å²) in [5.41, 5.74) is 1.84. The topological polar surface area (TPSA) is 64.4 Å². The molecule has 0 amide bonds. The molecule has 112 valence electrons. The van der Waals surface area contributed by atoms with Crippen LogP contribution in [0.1, 0.15) is 45.5 Å². The van der Waals surface area contributed by atoms with Gasteiger partial charge in [-0.25, -0.2) is 9.78 Å². The molecule has 2 atom stereocenters.